The molecule has 2 N–H and O–H groups in total. The van der Waals surface area contributed by atoms with E-state index in [4.69, 9.17) is 9.47 Å². The zero-order chi connectivity index (χ0) is 19.6. The van der Waals surface area contributed by atoms with Gasteiger partial charge in [-0.3, -0.25) is 4.57 Å². The number of aromatic amines is 1. The number of nitrogens with one attached hydrogen (secondary N) is 2. The summed E-state index contributed by atoms with van der Waals surface area (Å²) in [4.78, 5) is 14.5. The summed E-state index contributed by atoms with van der Waals surface area (Å²) in [5.41, 5.74) is 0.388. The normalized spacial score (nSPS) is 11.7. The Kier molecular flexibility index (Phi) is 5.19. The molecule has 0 aliphatic heterocycles. The number of rotatable bonds is 7. The highest BCUT2D eigenvalue weighted by atomic mass is 32.2. The Morgan fingerprint density at radius 1 is 1.15 bits per heavy atom. The fourth-order valence-electron chi connectivity index (χ4n) is 2.72. The fraction of sp³-hybridized carbons (Fsp3) is 0.235. The predicted octanol–water partition coefficient (Wildman–Crippen LogP) is 1.46. The van der Waals surface area contributed by atoms with Gasteiger partial charge in [-0.2, -0.15) is 0 Å². The van der Waals surface area contributed by atoms with E-state index in [1.165, 1.54) is 55.2 Å². The molecule has 0 saturated heterocycles. The van der Waals surface area contributed by atoms with Crippen LogP contribution in [0.5, 0.6) is 11.5 Å². The Hall–Kier alpha value is -2.85. The van der Waals surface area contributed by atoms with E-state index in [9.17, 15) is 17.6 Å². The molecule has 0 fully saturated rings. The van der Waals surface area contributed by atoms with Gasteiger partial charge in [0, 0.05) is 19.2 Å². The van der Waals surface area contributed by atoms with Crippen LogP contribution in [0.1, 0.15) is 0 Å². The highest BCUT2D eigenvalue weighted by Gasteiger charge is 2.20. The summed E-state index contributed by atoms with van der Waals surface area (Å²) in [6.07, 6.45) is 0. The maximum Gasteiger partial charge on any atom is 0.326 e. The number of H-pyrrole nitrogens is 1. The maximum absolute atomic E-state index is 13.3. The SMILES string of the molecule is COc1ccc(S(=O)(=O)NCCn2c(=O)[nH]c3cc(F)ccc32)c(OC)c1. The van der Waals surface area contributed by atoms with Gasteiger partial charge in [0.1, 0.15) is 22.2 Å². The van der Waals surface area contributed by atoms with Crippen LogP contribution in [-0.2, 0) is 16.6 Å². The minimum absolute atomic E-state index is 0.0399. The summed E-state index contributed by atoms with van der Waals surface area (Å²) in [6, 6.07) is 8.26. The number of hydrogen-bond acceptors (Lipinski definition) is 5. The summed E-state index contributed by atoms with van der Waals surface area (Å²) in [7, 11) is -1.05. The average Bonchev–Trinajstić information content (AvgIpc) is 2.95. The number of sulfonamides is 1. The van der Waals surface area contributed by atoms with E-state index in [1.54, 1.807) is 0 Å². The summed E-state index contributed by atoms with van der Waals surface area (Å²) in [5.74, 6) is 0.133. The Bertz CT molecular complexity index is 1140. The molecule has 8 nitrogen and oxygen atoms in total. The van der Waals surface area contributed by atoms with E-state index in [-0.39, 0.29) is 23.7 Å². The molecule has 1 heterocycles. The second kappa shape index (κ2) is 7.41. The van der Waals surface area contributed by atoms with Gasteiger partial charge in [-0.25, -0.2) is 22.3 Å². The van der Waals surface area contributed by atoms with Crippen LogP contribution in [0, 0.1) is 5.82 Å². The van der Waals surface area contributed by atoms with Gasteiger partial charge in [0.25, 0.3) is 0 Å². The van der Waals surface area contributed by atoms with Crippen LogP contribution in [-0.4, -0.2) is 38.7 Å². The summed E-state index contributed by atoms with van der Waals surface area (Å²) < 4.78 is 52.3. The highest BCUT2D eigenvalue weighted by molar-refractivity contribution is 7.89. The molecule has 27 heavy (non-hydrogen) atoms. The zero-order valence-electron chi connectivity index (χ0n) is 14.7. The van der Waals surface area contributed by atoms with Gasteiger partial charge in [-0.1, -0.05) is 0 Å². The van der Waals surface area contributed by atoms with Crippen molar-refractivity contribution in [2.24, 2.45) is 0 Å². The first kappa shape index (κ1) is 18.9. The minimum Gasteiger partial charge on any atom is -0.497 e. The lowest BCUT2D eigenvalue weighted by atomic mass is 10.3. The van der Waals surface area contributed by atoms with Gasteiger partial charge in [0.05, 0.1) is 25.3 Å². The van der Waals surface area contributed by atoms with Gasteiger partial charge >= 0.3 is 5.69 Å². The number of ether oxygens (including phenoxy) is 2. The number of halogens is 1. The van der Waals surface area contributed by atoms with Crippen molar-refractivity contribution in [2.75, 3.05) is 20.8 Å². The summed E-state index contributed by atoms with van der Waals surface area (Å²) >= 11 is 0. The molecule has 3 rings (SSSR count). The first-order valence-electron chi connectivity index (χ1n) is 7.95. The van der Waals surface area contributed by atoms with Crippen molar-refractivity contribution in [3.8, 4) is 11.5 Å². The first-order valence-corrected chi connectivity index (χ1v) is 9.44. The Morgan fingerprint density at radius 2 is 1.93 bits per heavy atom. The largest absolute Gasteiger partial charge is 0.497 e. The van der Waals surface area contributed by atoms with Crippen LogP contribution in [0.15, 0.2) is 46.1 Å². The molecule has 144 valence electrons. The molecule has 0 spiro atoms. The molecular weight excluding hydrogens is 377 g/mol. The third-order valence-corrected chi connectivity index (χ3v) is 5.52. The standard InChI is InChI=1S/C17H18FN3O5S/c1-25-12-4-6-16(15(10-12)26-2)27(23,24)19-7-8-21-14-5-3-11(18)9-13(14)20-17(21)22/h3-6,9-10,19H,7-8H2,1-2H3,(H,20,22). The van der Waals surface area contributed by atoms with Gasteiger partial charge in [0.2, 0.25) is 10.0 Å². The highest BCUT2D eigenvalue weighted by Crippen LogP contribution is 2.28. The van der Waals surface area contributed by atoms with Crippen molar-refractivity contribution in [3.63, 3.8) is 0 Å². The van der Waals surface area contributed by atoms with Crippen LogP contribution in [0.25, 0.3) is 11.0 Å². The number of benzene rings is 2. The molecule has 10 heteroatoms. The molecule has 0 bridgehead atoms. The number of fused-ring (bicyclic) bond motifs is 1. The van der Waals surface area contributed by atoms with Crippen LogP contribution < -0.4 is 19.9 Å². The summed E-state index contributed by atoms with van der Waals surface area (Å²) in [5, 5.41) is 0. The molecule has 0 radical (unpaired) electrons. The number of hydrogen-bond donors (Lipinski definition) is 2. The van der Waals surface area contributed by atoms with Gasteiger partial charge in [-0.05, 0) is 30.3 Å². The van der Waals surface area contributed by atoms with Crippen LogP contribution in [0.4, 0.5) is 4.39 Å². The number of aromatic nitrogens is 2. The third kappa shape index (κ3) is 3.81. The van der Waals surface area contributed by atoms with Crippen molar-refractivity contribution in [3.05, 3.63) is 52.7 Å². The van der Waals surface area contributed by atoms with E-state index < -0.39 is 21.5 Å². The van der Waals surface area contributed by atoms with Crippen molar-refractivity contribution in [2.45, 2.75) is 11.4 Å². The molecule has 0 unspecified atom stereocenters. The second-order valence-corrected chi connectivity index (χ2v) is 7.39. The lowest BCUT2D eigenvalue weighted by Crippen LogP contribution is -2.30. The van der Waals surface area contributed by atoms with E-state index in [2.05, 4.69) is 9.71 Å². The Morgan fingerprint density at radius 3 is 2.63 bits per heavy atom. The van der Waals surface area contributed by atoms with Crippen molar-refractivity contribution in [1.82, 2.24) is 14.3 Å². The average molecular weight is 395 g/mol. The number of nitrogens with zero attached hydrogens (tertiary/aromatic N) is 1. The molecule has 0 saturated carbocycles. The van der Waals surface area contributed by atoms with E-state index in [0.717, 1.165) is 0 Å². The van der Waals surface area contributed by atoms with Crippen LogP contribution in [0.3, 0.4) is 0 Å². The third-order valence-electron chi connectivity index (χ3n) is 4.02. The molecule has 3 aromatic rings. The lowest BCUT2D eigenvalue weighted by Gasteiger charge is -2.12. The van der Waals surface area contributed by atoms with Crippen molar-refractivity contribution in [1.29, 1.82) is 0 Å². The topological polar surface area (TPSA) is 102 Å². The molecule has 0 amide bonds. The number of methoxy groups -OCH3 is 2. The van der Waals surface area contributed by atoms with Crippen LogP contribution >= 0.6 is 0 Å². The number of imidazole rings is 1. The first-order chi connectivity index (χ1) is 12.9. The van der Waals surface area contributed by atoms with Gasteiger partial charge < -0.3 is 14.5 Å². The fourth-order valence-corrected chi connectivity index (χ4v) is 3.89. The molecule has 0 aliphatic carbocycles. The quantitative estimate of drug-likeness (QED) is 0.631. The van der Waals surface area contributed by atoms with Crippen molar-refractivity contribution >= 4 is 21.1 Å². The smallest absolute Gasteiger partial charge is 0.326 e. The minimum atomic E-state index is -3.87. The second-order valence-electron chi connectivity index (χ2n) is 5.66. The molecule has 0 aliphatic rings. The van der Waals surface area contributed by atoms with Crippen LogP contribution in [0.2, 0.25) is 0 Å². The maximum atomic E-state index is 13.3. The Balaban J connectivity index is 1.79. The van der Waals surface area contributed by atoms with Gasteiger partial charge in [-0.15, -0.1) is 0 Å². The monoisotopic (exact) mass is 395 g/mol. The lowest BCUT2D eigenvalue weighted by molar-refractivity contribution is 0.386. The zero-order valence-corrected chi connectivity index (χ0v) is 15.5. The predicted molar refractivity (Wildman–Crippen MR) is 97.3 cm³/mol. The summed E-state index contributed by atoms with van der Waals surface area (Å²) in [6.45, 7) is 0.0317. The van der Waals surface area contributed by atoms with Gasteiger partial charge in [0.15, 0.2) is 0 Å². The van der Waals surface area contributed by atoms with E-state index >= 15 is 0 Å². The Labute approximate surface area is 154 Å². The van der Waals surface area contributed by atoms with E-state index in [1.807, 2.05) is 0 Å². The van der Waals surface area contributed by atoms with E-state index in [0.29, 0.717) is 16.8 Å². The molecule has 2 aromatic carbocycles. The molecule has 1 aromatic heterocycles. The molecular formula is C17H18FN3O5S. The molecule has 0 atom stereocenters. The van der Waals surface area contributed by atoms with Crippen molar-refractivity contribution < 1.29 is 22.3 Å².